The maximum absolute atomic E-state index is 6.23. The molecule has 0 radical (unpaired) electrons. The van der Waals surface area contributed by atoms with Crippen molar-refractivity contribution in [3.8, 4) is 28.7 Å². The van der Waals surface area contributed by atoms with Gasteiger partial charge in [0.2, 0.25) is 0 Å². The van der Waals surface area contributed by atoms with Crippen LogP contribution in [0, 0.1) is 0 Å². The van der Waals surface area contributed by atoms with Crippen molar-refractivity contribution in [1.82, 2.24) is 29.3 Å². The van der Waals surface area contributed by atoms with Gasteiger partial charge in [0.15, 0.2) is 17.3 Å². The predicted octanol–water partition coefficient (Wildman–Crippen LogP) is 7.73. The average Bonchev–Trinajstić information content (AvgIpc) is 3.57. The van der Waals surface area contributed by atoms with Gasteiger partial charge in [0.1, 0.15) is 25.0 Å². The lowest BCUT2D eigenvalue weighted by atomic mass is 10.2. The van der Waals surface area contributed by atoms with E-state index in [2.05, 4.69) is 60.2 Å². The molecule has 0 unspecified atom stereocenters. The Morgan fingerprint density at radius 3 is 2.18 bits per heavy atom. The van der Waals surface area contributed by atoms with E-state index in [4.69, 9.17) is 29.3 Å². The van der Waals surface area contributed by atoms with Crippen LogP contribution in [-0.4, -0.2) is 65.8 Å². The summed E-state index contributed by atoms with van der Waals surface area (Å²) < 4.78 is 21.5. The monoisotopic (exact) mass is 643 g/mol. The summed E-state index contributed by atoms with van der Waals surface area (Å²) in [5, 5.41) is 8.49. The highest BCUT2D eigenvalue weighted by Crippen LogP contribution is 2.32. The number of aromatic nitrogens is 6. The summed E-state index contributed by atoms with van der Waals surface area (Å²) in [6, 6.07) is 19.9. The lowest BCUT2D eigenvalue weighted by molar-refractivity contribution is 0.0786. The van der Waals surface area contributed by atoms with Crippen LogP contribution in [0.3, 0.4) is 0 Å². The predicted molar refractivity (Wildman–Crippen MR) is 186 cm³/mol. The number of anilines is 2. The molecule has 12 heteroatoms. The van der Waals surface area contributed by atoms with Crippen LogP contribution in [0.5, 0.6) is 5.75 Å². The summed E-state index contributed by atoms with van der Waals surface area (Å²) in [6.07, 6.45) is 3.70. The molecule has 0 aliphatic carbocycles. The number of hydrogen-bond donors (Lipinski definition) is 1. The first-order valence-electron chi connectivity index (χ1n) is 15.4. The maximum Gasteiger partial charge on any atom is 0.165 e. The van der Waals surface area contributed by atoms with E-state index < -0.39 is 16.1 Å². The van der Waals surface area contributed by atoms with Crippen LogP contribution in [0.1, 0.15) is 0 Å². The van der Waals surface area contributed by atoms with Crippen molar-refractivity contribution < 1.29 is 14.2 Å². The fourth-order valence-electron chi connectivity index (χ4n) is 4.65. The van der Waals surface area contributed by atoms with E-state index in [-0.39, 0.29) is 0 Å². The minimum atomic E-state index is -1.23. The number of rotatable bonds is 15. The third kappa shape index (κ3) is 8.88. The third-order valence-corrected chi connectivity index (χ3v) is 10.7. The minimum absolute atomic E-state index is 0.340. The second kappa shape index (κ2) is 14.1. The molecule has 238 valence electrons. The molecule has 1 N–H and O–H groups in total. The molecule has 0 aliphatic heterocycles. The standard InChI is InChI=1S/C33H45N7O3Si2/c1-41-26-14-12-25(13-15-26)32-34-17-16-30(37-32)35-28-22-39(23-42-18-20-44(2,3)4)38-31(28)33-36-27-10-8-9-11-29(27)40(33)24-43-19-21-45(5,6)7/h8-17,22H,18-21,23-24H2,1-7H3,(H,34,35,37). The fraction of sp³-hybridized carbons (Fsp3) is 0.394. The van der Waals surface area contributed by atoms with Gasteiger partial charge in [-0.05, 0) is 54.6 Å². The van der Waals surface area contributed by atoms with Crippen molar-refractivity contribution in [2.24, 2.45) is 0 Å². The quantitative estimate of drug-likeness (QED) is 0.0914. The lowest BCUT2D eigenvalue weighted by Gasteiger charge is -2.16. The van der Waals surface area contributed by atoms with E-state index in [1.807, 2.05) is 59.4 Å². The second-order valence-corrected chi connectivity index (χ2v) is 24.8. The second-order valence-electron chi connectivity index (χ2n) is 13.6. The number of nitrogens with one attached hydrogen (secondary N) is 1. The molecule has 0 amide bonds. The van der Waals surface area contributed by atoms with E-state index in [1.165, 1.54) is 0 Å². The summed E-state index contributed by atoms with van der Waals surface area (Å²) in [7, 11) is -0.786. The van der Waals surface area contributed by atoms with Crippen molar-refractivity contribution >= 4 is 38.7 Å². The molecule has 5 rings (SSSR count). The summed E-state index contributed by atoms with van der Waals surface area (Å²) in [5.41, 5.74) is 4.23. The van der Waals surface area contributed by atoms with Gasteiger partial charge in [-0.25, -0.2) is 19.6 Å². The topological polar surface area (TPSA) is 101 Å². The molecule has 3 aromatic heterocycles. The van der Waals surface area contributed by atoms with E-state index in [0.29, 0.717) is 44.0 Å². The van der Waals surface area contributed by atoms with Crippen LogP contribution in [0.2, 0.25) is 51.4 Å². The smallest absolute Gasteiger partial charge is 0.165 e. The molecule has 0 spiro atoms. The Balaban J connectivity index is 1.48. The van der Waals surface area contributed by atoms with E-state index >= 15 is 0 Å². The Morgan fingerprint density at radius 2 is 1.49 bits per heavy atom. The van der Waals surface area contributed by atoms with Crippen molar-refractivity contribution in [3.05, 3.63) is 67.0 Å². The first kappa shape index (κ1) is 32.5. The zero-order chi connectivity index (χ0) is 32.0. The molecular formula is C33H45N7O3Si2. The molecule has 45 heavy (non-hydrogen) atoms. The van der Waals surface area contributed by atoms with Crippen molar-refractivity contribution in [2.75, 3.05) is 25.6 Å². The van der Waals surface area contributed by atoms with Gasteiger partial charge in [-0.2, -0.15) is 5.10 Å². The van der Waals surface area contributed by atoms with Crippen molar-refractivity contribution in [3.63, 3.8) is 0 Å². The van der Waals surface area contributed by atoms with Crippen LogP contribution in [0.15, 0.2) is 67.0 Å². The van der Waals surface area contributed by atoms with E-state index in [1.54, 1.807) is 13.3 Å². The highest BCUT2D eigenvalue weighted by atomic mass is 28.3. The van der Waals surface area contributed by atoms with Gasteiger partial charge in [0.25, 0.3) is 0 Å². The Kier molecular flexibility index (Phi) is 10.2. The molecule has 0 atom stereocenters. The maximum atomic E-state index is 6.23. The summed E-state index contributed by atoms with van der Waals surface area (Å²) in [6.45, 7) is 16.3. The molecule has 0 fully saturated rings. The molecule has 2 aromatic carbocycles. The molecular weight excluding hydrogens is 599 g/mol. The Labute approximate surface area is 267 Å². The van der Waals surface area contributed by atoms with Crippen LogP contribution in [0.25, 0.3) is 33.9 Å². The summed E-state index contributed by atoms with van der Waals surface area (Å²) in [4.78, 5) is 14.4. The van der Waals surface area contributed by atoms with E-state index in [9.17, 15) is 0 Å². The number of ether oxygens (including phenoxy) is 3. The van der Waals surface area contributed by atoms with Gasteiger partial charge >= 0.3 is 0 Å². The van der Waals surface area contributed by atoms with Crippen LogP contribution < -0.4 is 10.1 Å². The third-order valence-electron chi connectivity index (χ3n) is 7.33. The number of nitrogens with zero attached hydrogens (tertiary/aromatic N) is 6. The number of para-hydroxylation sites is 2. The normalized spacial score (nSPS) is 12.2. The van der Waals surface area contributed by atoms with Gasteiger partial charge in [-0.1, -0.05) is 51.4 Å². The van der Waals surface area contributed by atoms with Crippen LogP contribution in [-0.2, 0) is 22.9 Å². The van der Waals surface area contributed by atoms with Gasteiger partial charge in [-0.3, -0.25) is 4.57 Å². The molecule has 0 saturated heterocycles. The Morgan fingerprint density at radius 1 is 0.800 bits per heavy atom. The molecule has 0 aliphatic rings. The minimum Gasteiger partial charge on any atom is -0.497 e. The molecule has 5 aromatic rings. The number of methoxy groups -OCH3 is 1. The van der Waals surface area contributed by atoms with Crippen LogP contribution >= 0.6 is 0 Å². The van der Waals surface area contributed by atoms with Gasteiger partial charge < -0.3 is 19.5 Å². The molecule has 0 saturated carbocycles. The average molecular weight is 644 g/mol. The highest BCUT2D eigenvalue weighted by Gasteiger charge is 2.21. The Hall–Kier alpha value is -3.85. The van der Waals surface area contributed by atoms with Crippen molar-refractivity contribution in [2.45, 2.75) is 64.8 Å². The van der Waals surface area contributed by atoms with Gasteiger partial charge in [-0.15, -0.1) is 0 Å². The first-order chi connectivity index (χ1) is 21.5. The van der Waals surface area contributed by atoms with Crippen molar-refractivity contribution in [1.29, 1.82) is 0 Å². The summed E-state index contributed by atoms with van der Waals surface area (Å²) in [5.74, 6) is 2.75. The highest BCUT2D eigenvalue weighted by molar-refractivity contribution is 6.76. The zero-order valence-electron chi connectivity index (χ0n) is 27.5. The Bertz CT molecular complexity index is 1710. The SMILES string of the molecule is COc1ccc(-c2nccc(Nc3cn(COCC[Si](C)(C)C)nc3-c3nc4ccccc4n3COCC[Si](C)(C)C)n2)cc1. The van der Waals surface area contributed by atoms with E-state index in [0.717, 1.165) is 45.9 Å². The molecule has 0 bridgehead atoms. The lowest BCUT2D eigenvalue weighted by Crippen LogP contribution is -2.22. The number of imidazole rings is 1. The summed E-state index contributed by atoms with van der Waals surface area (Å²) >= 11 is 0. The number of fused-ring (bicyclic) bond motifs is 1. The zero-order valence-corrected chi connectivity index (χ0v) is 29.5. The number of hydrogen-bond acceptors (Lipinski definition) is 8. The number of benzene rings is 2. The van der Waals surface area contributed by atoms with Gasteiger partial charge in [0.05, 0.1) is 30.0 Å². The van der Waals surface area contributed by atoms with Crippen LogP contribution in [0.4, 0.5) is 11.5 Å². The fourth-order valence-corrected chi connectivity index (χ4v) is 6.16. The largest absolute Gasteiger partial charge is 0.497 e. The first-order valence-corrected chi connectivity index (χ1v) is 22.8. The molecule has 10 nitrogen and oxygen atoms in total. The van der Waals surface area contributed by atoms with Gasteiger partial charge in [0, 0.05) is 41.1 Å². The molecule has 3 heterocycles.